The van der Waals surface area contributed by atoms with Gasteiger partial charge in [-0.05, 0) is 5.56 Å². The van der Waals surface area contributed by atoms with Crippen molar-refractivity contribution in [2.75, 3.05) is 6.54 Å². The zero-order chi connectivity index (χ0) is 11.8. The Morgan fingerprint density at radius 2 is 1.94 bits per heavy atom. The summed E-state index contributed by atoms with van der Waals surface area (Å²) in [4.78, 5) is 21.8. The summed E-state index contributed by atoms with van der Waals surface area (Å²) in [6.07, 6.45) is 0.201. The van der Waals surface area contributed by atoms with E-state index >= 15 is 0 Å². The van der Waals surface area contributed by atoms with Crippen LogP contribution in [0.25, 0.3) is 0 Å². The fraction of sp³-hybridized carbons (Fsp3) is 0.333. The van der Waals surface area contributed by atoms with Crippen LogP contribution in [0.2, 0.25) is 0 Å². The van der Waals surface area contributed by atoms with Crippen LogP contribution in [0.4, 0.5) is 0 Å². The van der Waals surface area contributed by atoms with Crippen LogP contribution in [-0.4, -0.2) is 18.4 Å². The standard InChI is InChI=1S/C12H15NO3/c1-10(14)13-8-7-12(15)16-9-11-5-3-2-4-6-11/h2-6H,7-9H2,1H3,(H,13,14). The number of hydrogen-bond acceptors (Lipinski definition) is 3. The van der Waals surface area contributed by atoms with Gasteiger partial charge < -0.3 is 10.1 Å². The molecule has 0 radical (unpaired) electrons. The summed E-state index contributed by atoms with van der Waals surface area (Å²) in [6, 6.07) is 9.46. The Morgan fingerprint density at radius 1 is 1.25 bits per heavy atom. The van der Waals surface area contributed by atoms with E-state index in [0.29, 0.717) is 6.54 Å². The van der Waals surface area contributed by atoms with Gasteiger partial charge in [0.05, 0.1) is 6.42 Å². The van der Waals surface area contributed by atoms with Crippen molar-refractivity contribution in [3.8, 4) is 0 Å². The van der Waals surface area contributed by atoms with Crippen LogP contribution in [0.15, 0.2) is 30.3 Å². The molecule has 1 aromatic rings. The first-order valence-corrected chi connectivity index (χ1v) is 5.12. The fourth-order valence-electron chi connectivity index (χ4n) is 1.15. The van der Waals surface area contributed by atoms with Crippen molar-refractivity contribution in [2.24, 2.45) is 0 Å². The van der Waals surface area contributed by atoms with Crippen molar-refractivity contribution in [1.29, 1.82) is 0 Å². The molecule has 0 aliphatic rings. The van der Waals surface area contributed by atoms with Gasteiger partial charge in [0.1, 0.15) is 6.61 Å². The summed E-state index contributed by atoms with van der Waals surface area (Å²) in [7, 11) is 0. The van der Waals surface area contributed by atoms with Gasteiger partial charge in [0, 0.05) is 13.5 Å². The molecule has 16 heavy (non-hydrogen) atoms. The van der Waals surface area contributed by atoms with Crippen LogP contribution < -0.4 is 5.32 Å². The number of benzene rings is 1. The Kier molecular flexibility index (Phi) is 5.05. The molecule has 4 heteroatoms. The lowest BCUT2D eigenvalue weighted by Crippen LogP contribution is -2.23. The second-order valence-corrected chi connectivity index (χ2v) is 3.38. The molecule has 1 rings (SSSR count). The predicted octanol–water partition coefficient (Wildman–Crippen LogP) is 1.26. The SMILES string of the molecule is CC(=O)NCCC(=O)OCc1ccccc1. The van der Waals surface area contributed by atoms with E-state index in [4.69, 9.17) is 4.74 Å². The van der Waals surface area contributed by atoms with E-state index in [1.165, 1.54) is 6.92 Å². The number of nitrogens with one attached hydrogen (secondary N) is 1. The topological polar surface area (TPSA) is 55.4 Å². The third-order valence-electron chi connectivity index (χ3n) is 1.95. The Labute approximate surface area is 94.6 Å². The molecule has 1 N–H and O–H groups in total. The zero-order valence-electron chi connectivity index (χ0n) is 9.23. The van der Waals surface area contributed by atoms with E-state index in [-0.39, 0.29) is 24.9 Å². The molecule has 0 aromatic heterocycles. The molecule has 0 heterocycles. The predicted molar refractivity (Wildman–Crippen MR) is 59.5 cm³/mol. The van der Waals surface area contributed by atoms with Gasteiger partial charge in [0.15, 0.2) is 0 Å². The molecule has 0 aliphatic carbocycles. The third-order valence-corrected chi connectivity index (χ3v) is 1.95. The highest BCUT2D eigenvalue weighted by Gasteiger charge is 2.03. The minimum absolute atomic E-state index is 0.143. The highest BCUT2D eigenvalue weighted by Crippen LogP contribution is 2.01. The van der Waals surface area contributed by atoms with Crippen molar-refractivity contribution in [3.63, 3.8) is 0 Å². The normalized spacial score (nSPS) is 9.56. The number of carbonyl (C=O) groups is 2. The first-order chi connectivity index (χ1) is 7.68. The molecular formula is C12H15NO3. The fourth-order valence-corrected chi connectivity index (χ4v) is 1.15. The molecule has 0 unspecified atom stereocenters. The van der Waals surface area contributed by atoms with Gasteiger partial charge in [0.2, 0.25) is 5.91 Å². The summed E-state index contributed by atoms with van der Waals surface area (Å²) >= 11 is 0. The average molecular weight is 221 g/mol. The number of esters is 1. The van der Waals surface area contributed by atoms with Crippen LogP contribution in [0.3, 0.4) is 0 Å². The maximum atomic E-state index is 11.2. The van der Waals surface area contributed by atoms with Crippen molar-refractivity contribution < 1.29 is 14.3 Å². The zero-order valence-corrected chi connectivity index (χ0v) is 9.23. The van der Waals surface area contributed by atoms with E-state index < -0.39 is 0 Å². The van der Waals surface area contributed by atoms with Gasteiger partial charge in [-0.15, -0.1) is 0 Å². The van der Waals surface area contributed by atoms with Crippen molar-refractivity contribution >= 4 is 11.9 Å². The molecule has 1 aromatic carbocycles. The molecule has 0 saturated heterocycles. The summed E-state index contributed by atoms with van der Waals surface area (Å²) < 4.78 is 5.02. The summed E-state index contributed by atoms with van der Waals surface area (Å²) in [5, 5.41) is 2.53. The van der Waals surface area contributed by atoms with Crippen LogP contribution in [-0.2, 0) is 20.9 Å². The first-order valence-electron chi connectivity index (χ1n) is 5.12. The Bertz CT molecular complexity index is 349. The minimum atomic E-state index is -0.308. The summed E-state index contributed by atoms with van der Waals surface area (Å²) in [5.74, 6) is -0.450. The van der Waals surface area contributed by atoms with Crippen molar-refractivity contribution in [2.45, 2.75) is 20.0 Å². The van der Waals surface area contributed by atoms with Gasteiger partial charge >= 0.3 is 5.97 Å². The van der Waals surface area contributed by atoms with Gasteiger partial charge in [-0.2, -0.15) is 0 Å². The molecule has 0 aliphatic heterocycles. The van der Waals surface area contributed by atoms with Crippen molar-refractivity contribution in [3.05, 3.63) is 35.9 Å². The molecule has 0 fully saturated rings. The monoisotopic (exact) mass is 221 g/mol. The molecule has 0 bridgehead atoms. The number of carbonyl (C=O) groups excluding carboxylic acids is 2. The molecule has 0 spiro atoms. The maximum absolute atomic E-state index is 11.2. The smallest absolute Gasteiger partial charge is 0.307 e. The lowest BCUT2D eigenvalue weighted by molar-refractivity contribution is -0.144. The summed E-state index contributed by atoms with van der Waals surface area (Å²) in [5.41, 5.74) is 0.954. The molecule has 86 valence electrons. The quantitative estimate of drug-likeness (QED) is 0.761. The maximum Gasteiger partial charge on any atom is 0.307 e. The lowest BCUT2D eigenvalue weighted by atomic mass is 10.2. The number of rotatable bonds is 5. The van der Waals surface area contributed by atoms with Crippen molar-refractivity contribution in [1.82, 2.24) is 5.32 Å². The highest BCUT2D eigenvalue weighted by atomic mass is 16.5. The van der Waals surface area contributed by atoms with Crippen LogP contribution >= 0.6 is 0 Å². The van der Waals surface area contributed by atoms with Gasteiger partial charge in [-0.3, -0.25) is 9.59 Å². The van der Waals surface area contributed by atoms with E-state index in [9.17, 15) is 9.59 Å². The van der Waals surface area contributed by atoms with Crippen LogP contribution in [0, 0.1) is 0 Å². The minimum Gasteiger partial charge on any atom is -0.461 e. The number of amides is 1. The largest absolute Gasteiger partial charge is 0.461 e. The van der Waals surface area contributed by atoms with Crippen LogP contribution in [0.5, 0.6) is 0 Å². The third kappa shape index (κ3) is 5.14. The average Bonchev–Trinajstić information content (AvgIpc) is 2.27. The second kappa shape index (κ2) is 6.61. The number of hydrogen-bond donors (Lipinski definition) is 1. The van der Waals surface area contributed by atoms with E-state index in [0.717, 1.165) is 5.56 Å². The molecule has 4 nitrogen and oxygen atoms in total. The van der Waals surface area contributed by atoms with Gasteiger partial charge in [0.25, 0.3) is 0 Å². The lowest BCUT2D eigenvalue weighted by Gasteiger charge is -2.05. The first kappa shape index (κ1) is 12.2. The second-order valence-electron chi connectivity index (χ2n) is 3.38. The Hall–Kier alpha value is -1.84. The van der Waals surface area contributed by atoms with E-state index in [2.05, 4.69) is 5.32 Å². The van der Waals surface area contributed by atoms with Gasteiger partial charge in [-0.25, -0.2) is 0 Å². The Balaban J connectivity index is 2.18. The highest BCUT2D eigenvalue weighted by molar-refractivity contribution is 5.74. The number of ether oxygens (including phenoxy) is 1. The van der Waals surface area contributed by atoms with Gasteiger partial charge in [-0.1, -0.05) is 30.3 Å². The van der Waals surface area contributed by atoms with Crippen LogP contribution in [0.1, 0.15) is 18.9 Å². The Morgan fingerprint density at radius 3 is 2.56 bits per heavy atom. The molecular weight excluding hydrogens is 206 g/mol. The molecule has 0 atom stereocenters. The molecule has 1 amide bonds. The molecule has 0 saturated carbocycles. The summed E-state index contributed by atoms with van der Waals surface area (Å²) in [6.45, 7) is 2.01. The van der Waals surface area contributed by atoms with E-state index in [1.807, 2.05) is 30.3 Å². The van der Waals surface area contributed by atoms with E-state index in [1.54, 1.807) is 0 Å².